The third-order valence-corrected chi connectivity index (χ3v) is 8.92. The van der Waals surface area contributed by atoms with Gasteiger partial charge in [0.15, 0.2) is 0 Å². The molecule has 0 radical (unpaired) electrons. The van der Waals surface area contributed by atoms with E-state index in [1.807, 2.05) is 32.0 Å². The van der Waals surface area contributed by atoms with Crippen molar-refractivity contribution < 1.29 is 37.2 Å². The molecular weight excluding hydrogens is 574 g/mol. The molecule has 4 atom stereocenters. The third kappa shape index (κ3) is 10.7. The molecule has 0 bridgehead atoms. The van der Waals surface area contributed by atoms with Crippen LogP contribution in [0.1, 0.15) is 70.8 Å². The third-order valence-electron chi connectivity index (χ3n) is 7.75. The van der Waals surface area contributed by atoms with Crippen LogP contribution in [-0.4, -0.2) is 66.7 Å². The van der Waals surface area contributed by atoms with Gasteiger partial charge in [-0.2, -0.15) is 8.42 Å². The molecule has 5 N–H and O–H groups in total. The molecule has 0 spiro atoms. The number of aliphatic hydroxyl groups excluding tert-OH is 1. The second kappa shape index (κ2) is 14.7. The van der Waals surface area contributed by atoms with Crippen LogP contribution in [0.2, 0.25) is 5.02 Å². The van der Waals surface area contributed by atoms with Crippen LogP contribution in [0.3, 0.4) is 0 Å². The first-order valence-corrected chi connectivity index (χ1v) is 16.0. The normalized spacial score (nSPS) is 20.5. The zero-order valence-corrected chi connectivity index (χ0v) is 25.2. The van der Waals surface area contributed by atoms with Crippen molar-refractivity contribution in [1.82, 2.24) is 16.0 Å². The molecule has 1 aliphatic heterocycles. The minimum atomic E-state index is -4.95. The Hall–Kier alpha value is -2.41. The van der Waals surface area contributed by atoms with Crippen LogP contribution < -0.4 is 16.0 Å². The number of benzene rings is 1. The van der Waals surface area contributed by atoms with E-state index >= 15 is 0 Å². The summed E-state index contributed by atoms with van der Waals surface area (Å²) in [6.45, 7) is 4.32. The molecule has 1 heterocycles. The number of alkyl carbamates (subject to hydrolysis) is 1. The van der Waals surface area contributed by atoms with Crippen LogP contribution in [0.4, 0.5) is 4.79 Å². The Labute approximate surface area is 246 Å². The maximum atomic E-state index is 13.4. The van der Waals surface area contributed by atoms with Crippen LogP contribution in [0.25, 0.3) is 0 Å². The molecule has 1 unspecified atom stereocenters. The predicted octanol–water partition coefficient (Wildman–Crippen LogP) is 3.19. The summed E-state index contributed by atoms with van der Waals surface area (Å²) in [4.78, 5) is 38.4. The summed E-state index contributed by atoms with van der Waals surface area (Å²) in [5.74, 6) is -1.54. The Bertz CT molecular complexity index is 1170. The van der Waals surface area contributed by atoms with E-state index in [0.29, 0.717) is 30.8 Å². The van der Waals surface area contributed by atoms with Gasteiger partial charge < -0.3 is 25.8 Å². The molecule has 1 aromatic carbocycles. The molecule has 3 amide bonds. The maximum Gasteiger partial charge on any atom is 0.407 e. The second-order valence-electron chi connectivity index (χ2n) is 12.0. The van der Waals surface area contributed by atoms with Crippen LogP contribution in [-0.2, 0) is 30.9 Å². The lowest BCUT2D eigenvalue weighted by Crippen LogP contribution is -2.55. The number of nitrogens with one attached hydrogen (secondary N) is 3. The van der Waals surface area contributed by atoms with E-state index < -0.39 is 51.0 Å². The summed E-state index contributed by atoms with van der Waals surface area (Å²) in [7, 11) is -4.95. The Morgan fingerprint density at radius 2 is 1.85 bits per heavy atom. The highest BCUT2D eigenvalue weighted by atomic mass is 35.5. The minimum Gasteiger partial charge on any atom is -0.449 e. The van der Waals surface area contributed by atoms with Gasteiger partial charge in [0.1, 0.15) is 6.04 Å². The van der Waals surface area contributed by atoms with E-state index in [0.717, 1.165) is 37.7 Å². The Morgan fingerprint density at radius 3 is 2.46 bits per heavy atom. The van der Waals surface area contributed by atoms with E-state index in [2.05, 4.69) is 16.0 Å². The van der Waals surface area contributed by atoms with Crippen molar-refractivity contribution in [1.29, 1.82) is 0 Å². The van der Waals surface area contributed by atoms with Crippen LogP contribution in [0.5, 0.6) is 0 Å². The molecule has 230 valence electrons. The average molecular weight is 616 g/mol. The smallest absolute Gasteiger partial charge is 0.407 e. The first kappa shape index (κ1) is 33.1. The number of aliphatic hydroxyl groups is 1. The maximum absolute atomic E-state index is 13.4. The Balaban J connectivity index is 1.68. The number of hydrogen-bond acceptors (Lipinski definition) is 7. The van der Waals surface area contributed by atoms with E-state index in [4.69, 9.17) is 16.3 Å². The fourth-order valence-corrected chi connectivity index (χ4v) is 6.40. The molecule has 13 heteroatoms. The molecule has 11 nitrogen and oxygen atoms in total. The lowest BCUT2D eigenvalue weighted by molar-refractivity contribution is -0.126. The monoisotopic (exact) mass is 615 g/mol. The van der Waals surface area contributed by atoms with Gasteiger partial charge in [-0.3, -0.25) is 14.1 Å². The van der Waals surface area contributed by atoms with Gasteiger partial charge in [0.2, 0.25) is 17.3 Å². The van der Waals surface area contributed by atoms with Gasteiger partial charge >= 0.3 is 6.09 Å². The van der Waals surface area contributed by atoms with Crippen molar-refractivity contribution >= 4 is 39.6 Å². The van der Waals surface area contributed by atoms with E-state index in [1.165, 1.54) is 0 Å². The molecule has 2 aliphatic rings. The highest BCUT2D eigenvalue weighted by Crippen LogP contribution is 2.28. The topological polar surface area (TPSA) is 171 Å². The molecule has 0 aromatic heterocycles. The highest BCUT2D eigenvalue weighted by molar-refractivity contribution is 7.86. The minimum absolute atomic E-state index is 0.0595. The second-order valence-corrected chi connectivity index (χ2v) is 14.0. The fourth-order valence-electron chi connectivity index (χ4n) is 5.60. The largest absolute Gasteiger partial charge is 0.449 e. The molecule has 41 heavy (non-hydrogen) atoms. The lowest BCUT2D eigenvalue weighted by Gasteiger charge is -2.30. The first-order valence-electron chi connectivity index (χ1n) is 14.1. The van der Waals surface area contributed by atoms with Crippen molar-refractivity contribution in [2.45, 2.75) is 89.2 Å². The molecule has 3 rings (SSSR count). The van der Waals surface area contributed by atoms with E-state index in [-0.39, 0.29) is 24.9 Å². The number of halogens is 1. The number of ether oxygens (including phenoxy) is 1. The number of carbonyl (C=O) groups excluding carboxylic acids is 3. The quantitative estimate of drug-likeness (QED) is 0.211. The van der Waals surface area contributed by atoms with Crippen molar-refractivity contribution in [3.8, 4) is 0 Å². The van der Waals surface area contributed by atoms with Crippen LogP contribution in [0, 0.1) is 17.3 Å². The Morgan fingerprint density at radius 1 is 1.15 bits per heavy atom. The van der Waals surface area contributed by atoms with Gasteiger partial charge in [0, 0.05) is 22.9 Å². The van der Waals surface area contributed by atoms with Crippen molar-refractivity contribution in [3.05, 3.63) is 34.9 Å². The molecular formula is C28H42ClN3O8S. The first-order chi connectivity index (χ1) is 19.2. The summed E-state index contributed by atoms with van der Waals surface area (Å²) in [5.41, 5.74) is -1.79. The number of carbonyl (C=O) groups is 3. The van der Waals surface area contributed by atoms with Gasteiger partial charge in [0.05, 0.1) is 12.6 Å². The van der Waals surface area contributed by atoms with Gasteiger partial charge in [-0.15, -0.1) is 0 Å². The summed E-state index contributed by atoms with van der Waals surface area (Å²) in [6, 6.07) is 4.87. The number of hydrogen-bond donors (Lipinski definition) is 5. The molecule has 1 aromatic rings. The Kier molecular flexibility index (Phi) is 11.8. The predicted molar refractivity (Wildman–Crippen MR) is 154 cm³/mol. The fraction of sp³-hybridized carbons (Fsp3) is 0.679. The van der Waals surface area contributed by atoms with Gasteiger partial charge in [-0.1, -0.05) is 69.7 Å². The molecule has 2 fully saturated rings. The molecule has 1 saturated heterocycles. The zero-order valence-electron chi connectivity index (χ0n) is 23.6. The van der Waals surface area contributed by atoms with Crippen molar-refractivity contribution in [2.75, 3.05) is 13.2 Å². The van der Waals surface area contributed by atoms with Gasteiger partial charge in [-0.25, -0.2) is 4.79 Å². The molecule has 1 saturated carbocycles. The number of rotatable bonds is 13. The van der Waals surface area contributed by atoms with Crippen LogP contribution in [0.15, 0.2) is 24.3 Å². The standard InChI is InChI=1S/C28H42ClN3O8S/c1-28(2,16-19-9-6-10-21(29)13-19)17-40-27(36)32-22(14-18-7-4-3-5-8-18)25(34)31-23(26(35)41(37,38)39)15-20-11-12-30-24(20)33/h6,9-10,13,18,20,22-23,26,35H,3-5,7-8,11-12,14-17H2,1-2H3,(H,30,33)(H,31,34)(H,32,36)(H,37,38,39)/t20-,22-,23-,26?/m0/s1. The summed E-state index contributed by atoms with van der Waals surface area (Å²) in [6.07, 6.45) is 5.14. The van der Waals surface area contributed by atoms with Gasteiger partial charge in [0.25, 0.3) is 10.1 Å². The van der Waals surface area contributed by atoms with Crippen molar-refractivity contribution in [3.63, 3.8) is 0 Å². The van der Waals surface area contributed by atoms with Gasteiger partial charge in [-0.05, 0) is 49.3 Å². The van der Waals surface area contributed by atoms with E-state index in [9.17, 15) is 32.5 Å². The average Bonchev–Trinajstić information content (AvgIpc) is 3.30. The summed E-state index contributed by atoms with van der Waals surface area (Å²) >= 11 is 6.09. The summed E-state index contributed by atoms with van der Waals surface area (Å²) in [5, 5.41) is 18.7. The van der Waals surface area contributed by atoms with E-state index in [1.54, 1.807) is 6.07 Å². The van der Waals surface area contributed by atoms with Crippen LogP contribution >= 0.6 is 11.6 Å². The SMILES string of the molecule is CC(C)(COC(=O)N[C@@H](CC1CCCCC1)C(=O)N[C@@H](C[C@@H]1CCNC1=O)C(O)S(=O)(=O)O)Cc1cccc(Cl)c1. The zero-order chi connectivity index (χ0) is 30.2. The highest BCUT2D eigenvalue weighted by Gasteiger charge is 2.38. The van der Waals surface area contributed by atoms with Crippen molar-refractivity contribution in [2.24, 2.45) is 17.3 Å². The number of amides is 3. The lowest BCUT2D eigenvalue weighted by atomic mass is 9.84. The summed E-state index contributed by atoms with van der Waals surface area (Å²) < 4.78 is 38.5. The molecule has 1 aliphatic carbocycles.